The molecule has 1 saturated carbocycles. The summed E-state index contributed by atoms with van der Waals surface area (Å²) in [6, 6.07) is 0. The Labute approximate surface area is 103 Å². The maximum Gasteiger partial charge on any atom is 0.324 e. The van der Waals surface area contributed by atoms with Crippen LogP contribution in [0.15, 0.2) is 0 Å². The van der Waals surface area contributed by atoms with E-state index in [-0.39, 0.29) is 6.54 Å². The molecule has 1 amide bonds. The lowest BCUT2D eigenvalue weighted by atomic mass is 9.73. The summed E-state index contributed by atoms with van der Waals surface area (Å²) in [7, 11) is 0. The number of hydrogen-bond acceptors (Lipinski definition) is 2. The summed E-state index contributed by atoms with van der Waals surface area (Å²) in [6.07, 6.45) is -0.156. The van der Waals surface area contributed by atoms with Crippen molar-refractivity contribution >= 4 is 5.91 Å². The van der Waals surface area contributed by atoms with Crippen molar-refractivity contribution in [1.82, 2.24) is 5.32 Å². The average Bonchev–Trinajstić information content (AvgIpc) is 2.36. The molecule has 106 valence electrons. The first kappa shape index (κ1) is 15.2. The van der Waals surface area contributed by atoms with Gasteiger partial charge in [-0.1, -0.05) is 19.3 Å². The number of halogens is 4. The third kappa shape index (κ3) is 3.34. The molecular formula is C11H18F4N2O. The first-order valence-corrected chi connectivity index (χ1v) is 5.98. The number of alkyl halides is 4. The molecule has 3 nitrogen and oxygen atoms in total. The Morgan fingerprint density at radius 3 is 2.28 bits per heavy atom. The van der Waals surface area contributed by atoms with E-state index in [1.54, 1.807) is 0 Å². The third-order valence-corrected chi connectivity index (χ3v) is 3.49. The molecular weight excluding hydrogens is 252 g/mol. The van der Waals surface area contributed by atoms with Crippen LogP contribution < -0.4 is 11.1 Å². The highest BCUT2D eigenvalue weighted by Crippen LogP contribution is 2.35. The van der Waals surface area contributed by atoms with E-state index in [0.29, 0.717) is 12.8 Å². The predicted molar refractivity (Wildman–Crippen MR) is 58.5 cm³/mol. The van der Waals surface area contributed by atoms with Gasteiger partial charge in [-0.3, -0.25) is 4.79 Å². The molecule has 0 atom stereocenters. The van der Waals surface area contributed by atoms with Crippen LogP contribution in [-0.4, -0.2) is 31.3 Å². The van der Waals surface area contributed by atoms with E-state index in [9.17, 15) is 22.4 Å². The van der Waals surface area contributed by atoms with Gasteiger partial charge < -0.3 is 11.1 Å². The van der Waals surface area contributed by atoms with Gasteiger partial charge in [-0.05, 0) is 12.8 Å². The normalized spacial score (nSPS) is 19.9. The summed E-state index contributed by atoms with van der Waals surface area (Å²) < 4.78 is 49.3. The van der Waals surface area contributed by atoms with Crippen molar-refractivity contribution in [1.29, 1.82) is 0 Å². The van der Waals surface area contributed by atoms with Crippen LogP contribution in [0.4, 0.5) is 17.6 Å². The molecule has 1 fully saturated rings. The van der Waals surface area contributed by atoms with E-state index < -0.39 is 30.2 Å². The van der Waals surface area contributed by atoms with Gasteiger partial charge in [-0.25, -0.2) is 8.78 Å². The molecule has 0 unspecified atom stereocenters. The maximum atomic E-state index is 12.7. The fraction of sp³-hybridized carbons (Fsp3) is 0.909. The molecule has 1 aliphatic carbocycles. The molecule has 7 heteroatoms. The van der Waals surface area contributed by atoms with Gasteiger partial charge in [-0.2, -0.15) is 8.78 Å². The number of nitrogens with two attached hydrogens (primary N) is 1. The number of nitrogens with one attached hydrogen (secondary N) is 1. The van der Waals surface area contributed by atoms with Gasteiger partial charge in [0.1, 0.15) is 0 Å². The van der Waals surface area contributed by atoms with Crippen LogP contribution in [0.1, 0.15) is 32.1 Å². The molecule has 0 spiro atoms. The Morgan fingerprint density at radius 1 is 1.28 bits per heavy atom. The summed E-state index contributed by atoms with van der Waals surface area (Å²) in [6.45, 7) is -1.29. The summed E-state index contributed by atoms with van der Waals surface area (Å²) in [5.74, 6) is -4.83. The molecule has 0 heterocycles. The second-order valence-electron chi connectivity index (χ2n) is 4.79. The standard InChI is InChI=1S/C11H18F4N2O/c12-8(13)11(14,15)7-17-9(18)10(6-16)4-2-1-3-5-10/h8H,1-7,16H2,(H,17,18). The molecule has 0 saturated heterocycles. The Morgan fingerprint density at radius 2 is 1.83 bits per heavy atom. The molecule has 0 radical (unpaired) electrons. The topological polar surface area (TPSA) is 55.1 Å². The van der Waals surface area contributed by atoms with Gasteiger partial charge in [0.05, 0.1) is 12.0 Å². The fourth-order valence-electron chi connectivity index (χ4n) is 2.22. The van der Waals surface area contributed by atoms with Gasteiger partial charge in [0.2, 0.25) is 5.91 Å². The summed E-state index contributed by atoms with van der Waals surface area (Å²) >= 11 is 0. The lowest BCUT2D eigenvalue weighted by Gasteiger charge is -2.35. The Hall–Kier alpha value is -0.850. The Kier molecular flexibility index (Phi) is 4.95. The van der Waals surface area contributed by atoms with Crippen molar-refractivity contribution in [3.05, 3.63) is 0 Å². The minimum absolute atomic E-state index is 0.0546. The van der Waals surface area contributed by atoms with Crippen LogP contribution in [0.25, 0.3) is 0 Å². The lowest BCUT2D eigenvalue weighted by molar-refractivity contribution is -0.143. The molecule has 3 N–H and O–H groups in total. The number of carbonyl (C=O) groups is 1. The van der Waals surface area contributed by atoms with Crippen LogP contribution in [0.5, 0.6) is 0 Å². The highest BCUT2D eigenvalue weighted by atomic mass is 19.3. The van der Waals surface area contributed by atoms with E-state index in [1.165, 1.54) is 0 Å². The van der Waals surface area contributed by atoms with Crippen LogP contribution in [-0.2, 0) is 4.79 Å². The molecule has 0 aromatic carbocycles. The van der Waals surface area contributed by atoms with Crippen molar-refractivity contribution in [3.8, 4) is 0 Å². The maximum absolute atomic E-state index is 12.7. The zero-order valence-corrected chi connectivity index (χ0v) is 10.0. The Balaban J connectivity index is 2.58. The largest absolute Gasteiger partial charge is 0.349 e. The van der Waals surface area contributed by atoms with Crippen molar-refractivity contribution in [2.45, 2.75) is 44.5 Å². The smallest absolute Gasteiger partial charge is 0.324 e. The molecule has 1 aliphatic rings. The Bertz CT molecular complexity index is 291. The SMILES string of the molecule is NCC1(C(=O)NCC(F)(F)C(F)F)CCCCC1. The summed E-state index contributed by atoms with van der Waals surface area (Å²) in [5, 5.41) is 1.92. The number of hydrogen-bond donors (Lipinski definition) is 2. The van der Waals surface area contributed by atoms with Crippen LogP contribution in [0.3, 0.4) is 0 Å². The monoisotopic (exact) mass is 270 g/mol. The summed E-state index contributed by atoms with van der Waals surface area (Å²) in [4.78, 5) is 11.9. The van der Waals surface area contributed by atoms with Gasteiger partial charge in [0.25, 0.3) is 0 Å². The number of amides is 1. The molecule has 0 aliphatic heterocycles. The van der Waals surface area contributed by atoms with Crippen molar-refractivity contribution in [3.63, 3.8) is 0 Å². The number of rotatable bonds is 5. The first-order valence-electron chi connectivity index (χ1n) is 5.98. The minimum atomic E-state index is -4.19. The van der Waals surface area contributed by atoms with Gasteiger partial charge in [0.15, 0.2) is 0 Å². The predicted octanol–water partition coefficient (Wildman–Crippen LogP) is 1.91. The summed E-state index contributed by atoms with van der Waals surface area (Å²) in [5.41, 5.74) is 4.68. The molecule has 18 heavy (non-hydrogen) atoms. The first-order chi connectivity index (χ1) is 8.34. The molecule has 0 bridgehead atoms. The zero-order valence-electron chi connectivity index (χ0n) is 10.0. The third-order valence-electron chi connectivity index (χ3n) is 3.49. The highest BCUT2D eigenvalue weighted by Gasteiger charge is 2.44. The van der Waals surface area contributed by atoms with Crippen LogP contribution in [0, 0.1) is 5.41 Å². The molecule has 0 aromatic heterocycles. The van der Waals surface area contributed by atoms with E-state index in [2.05, 4.69) is 0 Å². The highest BCUT2D eigenvalue weighted by molar-refractivity contribution is 5.83. The quantitative estimate of drug-likeness (QED) is 0.750. The van der Waals surface area contributed by atoms with Gasteiger partial charge in [0, 0.05) is 6.54 Å². The molecule has 1 rings (SSSR count). The molecule has 0 aromatic rings. The van der Waals surface area contributed by atoms with Gasteiger partial charge >= 0.3 is 12.3 Å². The van der Waals surface area contributed by atoms with E-state index in [1.807, 2.05) is 5.32 Å². The van der Waals surface area contributed by atoms with E-state index in [0.717, 1.165) is 19.3 Å². The van der Waals surface area contributed by atoms with E-state index in [4.69, 9.17) is 5.73 Å². The van der Waals surface area contributed by atoms with Crippen molar-refractivity contribution in [2.24, 2.45) is 11.1 Å². The van der Waals surface area contributed by atoms with Crippen molar-refractivity contribution in [2.75, 3.05) is 13.1 Å². The van der Waals surface area contributed by atoms with Crippen molar-refractivity contribution < 1.29 is 22.4 Å². The average molecular weight is 270 g/mol. The lowest BCUT2D eigenvalue weighted by Crippen LogP contribution is -2.51. The fourth-order valence-corrected chi connectivity index (χ4v) is 2.22. The van der Waals surface area contributed by atoms with Gasteiger partial charge in [-0.15, -0.1) is 0 Å². The van der Waals surface area contributed by atoms with E-state index >= 15 is 0 Å². The second-order valence-corrected chi connectivity index (χ2v) is 4.79. The van der Waals surface area contributed by atoms with Crippen LogP contribution in [0.2, 0.25) is 0 Å². The number of carbonyl (C=O) groups excluding carboxylic acids is 1. The minimum Gasteiger partial charge on any atom is -0.349 e. The van der Waals surface area contributed by atoms with Crippen LogP contribution >= 0.6 is 0 Å². The zero-order chi connectivity index (χ0) is 13.8. The second kappa shape index (κ2) is 5.86.